The van der Waals surface area contributed by atoms with Gasteiger partial charge in [0, 0.05) is 26.7 Å². The second-order valence-corrected chi connectivity index (χ2v) is 7.97. The molecule has 0 unspecified atom stereocenters. The first kappa shape index (κ1) is 27.0. The Bertz CT molecular complexity index is 859. The standard InChI is InChI=1S/C25H36N4O3.HI/c1-26-25(28-17-21-14-22(30-2)24(32-4)23(15-21)31-3)27-16-19-8-10-20(11-9-19)18-29-12-6-5-7-13-29;/h8-11,14-15H,5-7,12-13,16-18H2,1-4H3,(H2,26,27,28);1H. The number of nitrogens with one attached hydrogen (secondary N) is 2. The Hall–Kier alpha value is -2.20. The van der Waals surface area contributed by atoms with Crippen molar-refractivity contribution in [1.82, 2.24) is 15.5 Å². The fourth-order valence-corrected chi connectivity index (χ4v) is 3.97. The smallest absolute Gasteiger partial charge is 0.203 e. The molecular formula is C25H37IN4O3. The maximum Gasteiger partial charge on any atom is 0.203 e. The molecule has 1 fully saturated rings. The van der Waals surface area contributed by atoms with Crippen LogP contribution in [0.1, 0.15) is 36.0 Å². The average molecular weight is 569 g/mol. The molecule has 1 saturated heterocycles. The number of likely N-dealkylation sites (tertiary alicyclic amines) is 1. The van der Waals surface area contributed by atoms with E-state index in [-0.39, 0.29) is 24.0 Å². The molecule has 0 aromatic heterocycles. The second kappa shape index (κ2) is 14.1. The SMILES string of the molecule is CN=C(NCc1ccc(CN2CCCCC2)cc1)NCc1cc(OC)c(OC)c(OC)c1.I. The largest absolute Gasteiger partial charge is 0.493 e. The number of nitrogens with zero attached hydrogens (tertiary/aromatic N) is 2. The summed E-state index contributed by atoms with van der Waals surface area (Å²) < 4.78 is 16.3. The van der Waals surface area contributed by atoms with E-state index >= 15 is 0 Å². The highest BCUT2D eigenvalue weighted by Crippen LogP contribution is 2.38. The zero-order valence-corrected chi connectivity index (χ0v) is 22.5. The third-order valence-electron chi connectivity index (χ3n) is 5.75. The van der Waals surface area contributed by atoms with Gasteiger partial charge in [0.25, 0.3) is 0 Å². The Morgan fingerprint density at radius 3 is 1.88 bits per heavy atom. The number of methoxy groups -OCH3 is 3. The van der Waals surface area contributed by atoms with Crippen molar-refractivity contribution < 1.29 is 14.2 Å². The molecule has 2 aromatic carbocycles. The minimum absolute atomic E-state index is 0. The lowest BCUT2D eigenvalue weighted by Crippen LogP contribution is -2.36. The zero-order chi connectivity index (χ0) is 22.8. The molecule has 1 heterocycles. The number of ether oxygens (including phenoxy) is 3. The predicted octanol–water partition coefficient (Wildman–Crippen LogP) is 4.18. The van der Waals surface area contributed by atoms with Crippen LogP contribution in [0, 0.1) is 0 Å². The fourth-order valence-electron chi connectivity index (χ4n) is 3.97. The van der Waals surface area contributed by atoms with E-state index in [4.69, 9.17) is 14.2 Å². The van der Waals surface area contributed by atoms with Gasteiger partial charge in [-0.15, -0.1) is 24.0 Å². The number of rotatable bonds is 9. The van der Waals surface area contributed by atoms with Gasteiger partial charge in [-0.25, -0.2) is 0 Å². The number of piperidine rings is 1. The first-order valence-electron chi connectivity index (χ1n) is 11.2. The molecule has 1 aliphatic heterocycles. The topological polar surface area (TPSA) is 67.4 Å². The predicted molar refractivity (Wildman–Crippen MR) is 144 cm³/mol. The monoisotopic (exact) mass is 568 g/mol. The summed E-state index contributed by atoms with van der Waals surface area (Å²) in [6, 6.07) is 12.7. The van der Waals surface area contributed by atoms with Crippen molar-refractivity contribution in [2.45, 2.75) is 38.9 Å². The van der Waals surface area contributed by atoms with Crippen molar-refractivity contribution >= 4 is 29.9 Å². The molecule has 0 radical (unpaired) electrons. The first-order chi connectivity index (χ1) is 15.7. The van der Waals surface area contributed by atoms with Crippen molar-refractivity contribution in [3.8, 4) is 17.2 Å². The lowest BCUT2D eigenvalue weighted by molar-refractivity contribution is 0.221. The lowest BCUT2D eigenvalue weighted by Gasteiger charge is -2.26. The summed E-state index contributed by atoms with van der Waals surface area (Å²) in [5.74, 6) is 2.59. The van der Waals surface area contributed by atoms with Gasteiger partial charge in [0.1, 0.15) is 0 Å². The summed E-state index contributed by atoms with van der Waals surface area (Å²) in [5.41, 5.74) is 3.60. The molecule has 0 spiro atoms. The van der Waals surface area contributed by atoms with Gasteiger partial charge in [-0.1, -0.05) is 30.7 Å². The third-order valence-corrected chi connectivity index (χ3v) is 5.75. The quantitative estimate of drug-likeness (QED) is 0.269. The van der Waals surface area contributed by atoms with E-state index in [1.165, 1.54) is 43.5 Å². The molecule has 182 valence electrons. The maximum atomic E-state index is 5.43. The molecule has 8 heteroatoms. The summed E-state index contributed by atoms with van der Waals surface area (Å²) in [4.78, 5) is 6.88. The Morgan fingerprint density at radius 1 is 0.818 bits per heavy atom. The summed E-state index contributed by atoms with van der Waals surface area (Å²) >= 11 is 0. The highest BCUT2D eigenvalue weighted by molar-refractivity contribution is 14.0. The molecule has 7 nitrogen and oxygen atoms in total. The summed E-state index contributed by atoms with van der Waals surface area (Å²) in [6.07, 6.45) is 4.02. The Labute approximate surface area is 214 Å². The molecule has 0 amide bonds. The molecule has 1 aliphatic rings. The van der Waals surface area contributed by atoms with Gasteiger partial charge in [-0.2, -0.15) is 0 Å². The Balaban J connectivity index is 0.00000385. The number of halogens is 1. The molecule has 2 N–H and O–H groups in total. The van der Waals surface area contributed by atoms with Crippen LogP contribution in [-0.4, -0.2) is 52.3 Å². The molecular weight excluding hydrogens is 531 g/mol. The van der Waals surface area contributed by atoms with Gasteiger partial charge < -0.3 is 24.8 Å². The maximum absolute atomic E-state index is 5.43. The second-order valence-electron chi connectivity index (χ2n) is 7.97. The van der Waals surface area contributed by atoms with E-state index in [9.17, 15) is 0 Å². The van der Waals surface area contributed by atoms with Crippen LogP contribution >= 0.6 is 24.0 Å². The molecule has 3 rings (SSSR count). The normalized spacial score (nSPS) is 14.2. The van der Waals surface area contributed by atoms with Crippen LogP contribution in [0.3, 0.4) is 0 Å². The summed E-state index contributed by atoms with van der Waals surface area (Å²) in [7, 11) is 6.61. The van der Waals surface area contributed by atoms with Crippen LogP contribution in [-0.2, 0) is 19.6 Å². The van der Waals surface area contributed by atoms with Gasteiger partial charge in [0.15, 0.2) is 17.5 Å². The number of aliphatic imine (C=N–C) groups is 1. The van der Waals surface area contributed by atoms with Crippen molar-refractivity contribution in [1.29, 1.82) is 0 Å². The van der Waals surface area contributed by atoms with Gasteiger partial charge in [-0.3, -0.25) is 9.89 Å². The van der Waals surface area contributed by atoms with Crippen molar-refractivity contribution in [2.24, 2.45) is 4.99 Å². The minimum Gasteiger partial charge on any atom is -0.493 e. The Kier molecular flexibility index (Phi) is 11.6. The van der Waals surface area contributed by atoms with Gasteiger partial charge in [0.05, 0.1) is 21.3 Å². The highest BCUT2D eigenvalue weighted by Gasteiger charge is 2.13. The van der Waals surface area contributed by atoms with E-state index in [2.05, 4.69) is 44.8 Å². The van der Waals surface area contributed by atoms with Crippen LogP contribution in [0.5, 0.6) is 17.2 Å². The fraction of sp³-hybridized carbons (Fsp3) is 0.480. The third kappa shape index (κ3) is 7.96. The molecule has 0 bridgehead atoms. The van der Waals surface area contributed by atoms with E-state index in [0.29, 0.717) is 30.3 Å². The van der Waals surface area contributed by atoms with Crippen LogP contribution in [0.15, 0.2) is 41.4 Å². The average Bonchev–Trinajstić information content (AvgIpc) is 2.85. The van der Waals surface area contributed by atoms with E-state index in [1.807, 2.05) is 12.1 Å². The van der Waals surface area contributed by atoms with Gasteiger partial charge in [-0.05, 0) is 54.8 Å². The van der Waals surface area contributed by atoms with E-state index < -0.39 is 0 Å². The summed E-state index contributed by atoms with van der Waals surface area (Å²) in [6.45, 7) is 4.77. The molecule has 33 heavy (non-hydrogen) atoms. The summed E-state index contributed by atoms with van der Waals surface area (Å²) in [5, 5.41) is 6.72. The minimum atomic E-state index is 0. The molecule has 2 aromatic rings. The molecule has 0 aliphatic carbocycles. The van der Waals surface area contributed by atoms with Gasteiger partial charge in [0.2, 0.25) is 5.75 Å². The number of benzene rings is 2. The van der Waals surface area contributed by atoms with E-state index in [1.54, 1.807) is 28.4 Å². The van der Waals surface area contributed by atoms with Gasteiger partial charge >= 0.3 is 0 Å². The molecule has 0 saturated carbocycles. The number of guanidine groups is 1. The lowest BCUT2D eigenvalue weighted by atomic mass is 10.1. The molecule has 0 atom stereocenters. The van der Waals surface area contributed by atoms with Crippen LogP contribution in [0.2, 0.25) is 0 Å². The highest BCUT2D eigenvalue weighted by atomic mass is 127. The van der Waals surface area contributed by atoms with Crippen molar-refractivity contribution in [2.75, 3.05) is 41.5 Å². The van der Waals surface area contributed by atoms with Crippen LogP contribution in [0.25, 0.3) is 0 Å². The van der Waals surface area contributed by atoms with Crippen LogP contribution < -0.4 is 24.8 Å². The number of hydrogen-bond donors (Lipinski definition) is 2. The van der Waals surface area contributed by atoms with E-state index in [0.717, 1.165) is 18.1 Å². The van der Waals surface area contributed by atoms with Crippen molar-refractivity contribution in [3.05, 3.63) is 53.1 Å². The van der Waals surface area contributed by atoms with Crippen molar-refractivity contribution in [3.63, 3.8) is 0 Å². The zero-order valence-electron chi connectivity index (χ0n) is 20.1. The number of hydrogen-bond acceptors (Lipinski definition) is 5. The van der Waals surface area contributed by atoms with Crippen LogP contribution in [0.4, 0.5) is 0 Å². The Morgan fingerprint density at radius 2 is 1.36 bits per heavy atom. The first-order valence-corrected chi connectivity index (χ1v) is 11.2.